The molecule has 1 aromatic heterocycles. The predicted molar refractivity (Wildman–Crippen MR) is 123 cm³/mol. The molecule has 3 aromatic rings. The number of rotatable bonds is 9. The van der Waals surface area contributed by atoms with Crippen molar-refractivity contribution in [2.24, 2.45) is 0 Å². The molecule has 0 fully saturated rings. The van der Waals surface area contributed by atoms with Crippen LogP contribution in [0.4, 0.5) is 22.0 Å². The van der Waals surface area contributed by atoms with Crippen LogP contribution in [-0.4, -0.2) is 12.9 Å². The topological polar surface area (TPSA) is 35.5 Å². The zero-order valence-electron chi connectivity index (χ0n) is 18.0. The molecular formula is C24H18BrF5O3S. The monoisotopic (exact) mass is 560 g/mol. The van der Waals surface area contributed by atoms with Gasteiger partial charge >= 0.3 is 0 Å². The highest BCUT2D eigenvalue weighted by Crippen LogP contribution is 2.32. The maximum Gasteiger partial charge on any atom is 0.207 e. The van der Waals surface area contributed by atoms with E-state index in [1.807, 2.05) is 6.92 Å². The van der Waals surface area contributed by atoms with E-state index >= 15 is 0 Å². The number of benzene rings is 2. The first kappa shape index (κ1) is 25.9. The Balaban J connectivity index is 1.82. The van der Waals surface area contributed by atoms with Gasteiger partial charge < -0.3 is 9.47 Å². The van der Waals surface area contributed by atoms with E-state index in [1.54, 1.807) is 12.1 Å². The van der Waals surface area contributed by atoms with Crippen molar-refractivity contribution in [1.82, 2.24) is 0 Å². The fraction of sp³-hybridized carbons (Fsp3) is 0.208. The van der Waals surface area contributed by atoms with E-state index in [0.717, 1.165) is 22.2 Å². The molecule has 0 unspecified atom stereocenters. The summed E-state index contributed by atoms with van der Waals surface area (Å²) in [5.41, 5.74) is 0.805. The number of thiophene rings is 1. The zero-order chi connectivity index (χ0) is 25.0. The molecule has 0 aliphatic carbocycles. The number of allylic oxidation sites excluding steroid dienone is 1. The van der Waals surface area contributed by atoms with E-state index in [0.29, 0.717) is 10.4 Å². The van der Waals surface area contributed by atoms with Crippen LogP contribution in [0.5, 0.6) is 11.5 Å². The van der Waals surface area contributed by atoms with Crippen molar-refractivity contribution in [1.29, 1.82) is 0 Å². The summed E-state index contributed by atoms with van der Waals surface area (Å²) in [5, 5.41) is 0. The molecule has 180 valence electrons. The van der Waals surface area contributed by atoms with Crippen molar-refractivity contribution in [2.45, 2.75) is 26.4 Å². The van der Waals surface area contributed by atoms with Gasteiger partial charge in [-0.05, 0) is 52.2 Å². The summed E-state index contributed by atoms with van der Waals surface area (Å²) in [6.07, 6.45) is 4.72. The molecule has 3 nitrogen and oxygen atoms in total. The molecule has 3 rings (SSSR count). The summed E-state index contributed by atoms with van der Waals surface area (Å²) in [6, 6.07) is 6.45. The minimum absolute atomic E-state index is 0.205. The van der Waals surface area contributed by atoms with Crippen LogP contribution in [0.15, 0.2) is 34.8 Å². The Labute approximate surface area is 204 Å². The number of carbonyl (C=O) groups excluding carboxylic acids is 1. The zero-order valence-corrected chi connectivity index (χ0v) is 20.4. The first-order valence-electron chi connectivity index (χ1n) is 9.99. The Morgan fingerprint density at radius 3 is 2.29 bits per heavy atom. The second-order valence-electron chi connectivity index (χ2n) is 7.09. The van der Waals surface area contributed by atoms with Crippen molar-refractivity contribution >= 4 is 39.1 Å². The molecule has 0 aliphatic rings. The van der Waals surface area contributed by atoms with Crippen LogP contribution < -0.4 is 9.47 Å². The average Bonchev–Trinajstić information content (AvgIpc) is 3.20. The smallest absolute Gasteiger partial charge is 0.207 e. The van der Waals surface area contributed by atoms with Crippen molar-refractivity contribution in [3.63, 3.8) is 0 Å². The lowest BCUT2D eigenvalue weighted by atomic mass is 10.1. The van der Waals surface area contributed by atoms with Crippen molar-refractivity contribution in [3.05, 3.63) is 84.8 Å². The predicted octanol–water partition coefficient (Wildman–Crippen LogP) is 7.64. The van der Waals surface area contributed by atoms with Crippen LogP contribution in [0.25, 0.3) is 6.08 Å². The molecule has 0 N–H and O–H groups in total. The third-order valence-corrected chi connectivity index (χ3v) is 6.93. The first-order chi connectivity index (χ1) is 16.2. The van der Waals surface area contributed by atoms with Crippen LogP contribution in [0, 0.1) is 29.1 Å². The van der Waals surface area contributed by atoms with E-state index in [9.17, 15) is 26.7 Å². The fourth-order valence-corrected chi connectivity index (χ4v) is 4.95. The van der Waals surface area contributed by atoms with Gasteiger partial charge in [-0.15, -0.1) is 11.3 Å². The highest BCUT2D eigenvalue weighted by atomic mass is 79.9. The molecule has 0 bridgehead atoms. The minimum atomic E-state index is -2.27. The van der Waals surface area contributed by atoms with Crippen LogP contribution >= 0.6 is 27.3 Å². The number of hydrogen-bond acceptors (Lipinski definition) is 4. The number of carbonyl (C=O) groups is 1. The molecule has 34 heavy (non-hydrogen) atoms. The van der Waals surface area contributed by atoms with Crippen molar-refractivity contribution in [3.8, 4) is 11.5 Å². The SMILES string of the molecule is CCCc1sc(C(=O)/C=C/c2ccc(OC)c(COc3c(F)c(F)c(F)c(F)c3F)c2)cc1Br. The molecule has 0 saturated carbocycles. The number of ketones is 1. The van der Waals surface area contributed by atoms with Gasteiger partial charge in [-0.1, -0.05) is 25.5 Å². The number of hydrogen-bond donors (Lipinski definition) is 0. The molecule has 10 heteroatoms. The maximum atomic E-state index is 13.9. The molecule has 0 saturated heterocycles. The van der Waals surface area contributed by atoms with Gasteiger partial charge in [0.25, 0.3) is 0 Å². The van der Waals surface area contributed by atoms with Gasteiger partial charge in [-0.3, -0.25) is 4.79 Å². The van der Waals surface area contributed by atoms with E-state index in [-0.39, 0.29) is 17.1 Å². The van der Waals surface area contributed by atoms with E-state index < -0.39 is 41.4 Å². The second-order valence-corrected chi connectivity index (χ2v) is 9.08. The maximum absolute atomic E-state index is 13.9. The van der Waals surface area contributed by atoms with Crippen molar-refractivity contribution in [2.75, 3.05) is 7.11 Å². The van der Waals surface area contributed by atoms with Crippen LogP contribution in [0.1, 0.15) is 39.0 Å². The molecule has 0 amide bonds. The van der Waals surface area contributed by atoms with Crippen LogP contribution in [-0.2, 0) is 13.0 Å². The Hall–Kier alpha value is -2.72. The van der Waals surface area contributed by atoms with Crippen molar-refractivity contribution < 1.29 is 36.2 Å². The molecule has 0 atom stereocenters. The lowest BCUT2D eigenvalue weighted by Gasteiger charge is -2.13. The van der Waals surface area contributed by atoms with Gasteiger partial charge in [0.1, 0.15) is 12.4 Å². The molecule has 0 aliphatic heterocycles. The number of ether oxygens (including phenoxy) is 2. The summed E-state index contributed by atoms with van der Waals surface area (Å²) < 4.78 is 78.8. The average molecular weight is 561 g/mol. The van der Waals surface area contributed by atoms with Gasteiger partial charge in [-0.25, -0.2) is 13.2 Å². The normalized spacial score (nSPS) is 11.3. The summed E-state index contributed by atoms with van der Waals surface area (Å²) in [5.74, 6) is -11.9. The first-order valence-corrected chi connectivity index (χ1v) is 11.6. The highest BCUT2D eigenvalue weighted by molar-refractivity contribution is 9.10. The molecule has 0 radical (unpaired) electrons. The Kier molecular flexibility index (Phi) is 8.48. The van der Waals surface area contributed by atoms with Gasteiger partial charge in [0.05, 0.1) is 12.0 Å². The van der Waals surface area contributed by atoms with E-state index in [1.165, 1.54) is 42.7 Å². The van der Waals surface area contributed by atoms with E-state index in [4.69, 9.17) is 9.47 Å². The fourth-order valence-electron chi connectivity index (χ4n) is 3.06. The molecule has 2 aromatic carbocycles. The van der Waals surface area contributed by atoms with Crippen LogP contribution in [0.2, 0.25) is 0 Å². The summed E-state index contributed by atoms with van der Waals surface area (Å²) in [7, 11) is 1.35. The van der Waals surface area contributed by atoms with Gasteiger partial charge in [-0.2, -0.15) is 8.78 Å². The largest absolute Gasteiger partial charge is 0.496 e. The van der Waals surface area contributed by atoms with Gasteiger partial charge in [0, 0.05) is 14.9 Å². The molecule has 0 spiro atoms. The minimum Gasteiger partial charge on any atom is -0.496 e. The molecule has 1 heterocycles. The van der Waals surface area contributed by atoms with E-state index in [2.05, 4.69) is 15.9 Å². The Morgan fingerprint density at radius 1 is 1.03 bits per heavy atom. The molecular weight excluding hydrogens is 543 g/mol. The Morgan fingerprint density at radius 2 is 1.68 bits per heavy atom. The van der Waals surface area contributed by atoms with Gasteiger partial charge in [0.2, 0.25) is 29.1 Å². The summed E-state index contributed by atoms with van der Waals surface area (Å²) in [4.78, 5) is 14.2. The third kappa shape index (κ3) is 5.50. The third-order valence-electron chi connectivity index (χ3n) is 4.75. The Bertz CT molecular complexity index is 1230. The lowest BCUT2D eigenvalue weighted by molar-refractivity contribution is 0.105. The van der Waals surface area contributed by atoms with Crippen LogP contribution in [0.3, 0.4) is 0 Å². The van der Waals surface area contributed by atoms with Gasteiger partial charge in [0.15, 0.2) is 11.5 Å². The lowest BCUT2D eigenvalue weighted by Crippen LogP contribution is -2.07. The summed E-state index contributed by atoms with van der Waals surface area (Å²) in [6.45, 7) is 1.50. The highest BCUT2D eigenvalue weighted by Gasteiger charge is 2.27. The number of halogens is 6. The quantitative estimate of drug-likeness (QED) is 0.0886. The number of methoxy groups -OCH3 is 1. The number of aryl methyl sites for hydroxylation is 1. The second kappa shape index (κ2) is 11.1. The standard InChI is InChI=1S/C24H18BrF5O3S/c1-3-4-17-14(25)10-18(34-17)15(31)7-5-12-6-8-16(32-2)13(9-12)11-33-24-22(29)20(27)19(26)21(28)23(24)30/h5-10H,3-4,11H2,1-2H3/b7-5+. The summed E-state index contributed by atoms with van der Waals surface area (Å²) >= 11 is 4.85.